The van der Waals surface area contributed by atoms with Crippen molar-refractivity contribution in [3.63, 3.8) is 0 Å². The molecule has 0 aliphatic rings. The number of nitrogens with one attached hydrogen (secondary N) is 1. The first-order valence-electron chi connectivity index (χ1n) is 2.04. The zero-order valence-corrected chi connectivity index (χ0v) is 4.11. The summed E-state index contributed by atoms with van der Waals surface area (Å²) in [5.41, 5.74) is -0.928. The molecule has 3 nitrogen and oxygen atoms in total. The SMILES string of the molecule is FC(F)(F)c1cnn[nH]1. The van der Waals surface area contributed by atoms with E-state index in [0.29, 0.717) is 6.20 Å². The summed E-state index contributed by atoms with van der Waals surface area (Å²) in [4.78, 5) is 0. The molecule has 9 heavy (non-hydrogen) atoms. The minimum absolute atomic E-state index is 0.625. The predicted octanol–water partition coefficient (Wildman–Crippen LogP) is 0.823. The van der Waals surface area contributed by atoms with Crippen LogP contribution in [-0.4, -0.2) is 15.4 Å². The van der Waals surface area contributed by atoms with Gasteiger partial charge in [0.1, 0.15) is 0 Å². The van der Waals surface area contributed by atoms with Crippen molar-refractivity contribution < 1.29 is 13.2 Å². The molecule has 0 aliphatic heterocycles. The average Bonchev–Trinajstić information content (AvgIpc) is 2.08. The monoisotopic (exact) mass is 137 g/mol. The quantitative estimate of drug-likeness (QED) is 0.575. The van der Waals surface area contributed by atoms with E-state index < -0.39 is 11.9 Å². The summed E-state index contributed by atoms with van der Waals surface area (Å²) < 4.78 is 34.5. The van der Waals surface area contributed by atoms with Crippen LogP contribution in [0, 0.1) is 0 Å². The highest BCUT2D eigenvalue weighted by Gasteiger charge is 2.32. The molecule has 1 aromatic rings. The number of H-pyrrole nitrogens is 1. The second-order valence-electron chi connectivity index (χ2n) is 1.37. The number of rotatable bonds is 0. The van der Waals surface area contributed by atoms with Crippen LogP contribution in [0.25, 0.3) is 0 Å². The molecular weight excluding hydrogens is 135 g/mol. The molecule has 0 saturated heterocycles. The molecule has 50 valence electrons. The van der Waals surface area contributed by atoms with Gasteiger partial charge in [0.25, 0.3) is 0 Å². The number of aromatic amines is 1. The molecule has 0 aliphatic carbocycles. The van der Waals surface area contributed by atoms with Crippen LogP contribution in [0.3, 0.4) is 0 Å². The van der Waals surface area contributed by atoms with Crippen LogP contribution in [0.15, 0.2) is 6.20 Å². The smallest absolute Gasteiger partial charge is 0.253 e. The van der Waals surface area contributed by atoms with Gasteiger partial charge in [0.15, 0.2) is 5.69 Å². The summed E-state index contributed by atoms with van der Waals surface area (Å²) in [6.07, 6.45) is -3.73. The largest absolute Gasteiger partial charge is 0.434 e. The Morgan fingerprint density at radius 3 is 2.33 bits per heavy atom. The molecule has 0 amide bonds. The number of halogens is 3. The van der Waals surface area contributed by atoms with E-state index in [0.717, 1.165) is 0 Å². The summed E-state index contributed by atoms with van der Waals surface area (Å²) >= 11 is 0. The minimum Gasteiger partial charge on any atom is -0.253 e. The predicted molar refractivity (Wildman–Crippen MR) is 21.4 cm³/mol. The van der Waals surface area contributed by atoms with Crippen molar-refractivity contribution in [1.82, 2.24) is 15.4 Å². The Hall–Kier alpha value is -1.07. The molecule has 1 heterocycles. The second-order valence-corrected chi connectivity index (χ2v) is 1.37. The third-order valence-electron chi connectivity index (χ3n) is 0.720. The van der Waals surface area contributed by atoms with E-state index in [4.69, 9.17) is 0 Å². The van der Waals surface area contributed by atoms with Gasteiger partial charge in [-0.15, -0.1) is 5.10 Å². The van der Waals surface area contributed by atoms with Crippen LogP contribution in [0.2, 0.25) is 0 Å². The van der Waals surface area contributed by atoms with E-state index in [2.05, 4.69) is 10.3 Å². The van der Waals surface area contributed by atoms with Crippen LogP contribution < -0.4 is 0 Å². The van der Waals surface area contributed by atoms with Crippen LogP contribution in [0.4, 0.5) is 13.2 Å². The molecule has 0 radical (unpaired) electrons. The highest BCUT2D eigenvalue weighted by Crippen LogP contribution is 2.25. The number of alkyl halides is 3. The van der Waals surface area contributed by atoms with E-state index in [1.165, 1.54) is 0 Å². The molecule has 6 heteroatoms. The van der Waals surface area contributed by atoms with Gasteiger partial charge in [0, 0.05) is 0 Å². The maximum Gasteiger partial charge on any atom is 0.434 e. The van der Waals surface area contributed by atoms with Gasteiger partial charge in [-0.25, -0.2) is 0 Å². The lowest BCUT2D eigenvalue weighted by molar-refractivity contribution is -0.141. The van der Waals surface area contributed by atoms with Gasteiger partial charge in [-0.3, -0.25) is 5.10 Å². The van der Waals surface area contributed by atoms with Gasteiger partial charge in [-0.2, -0.15) is 13.2 Å². The fourth-order valence-corrected chi connectivity index (χ4v) is 0.335. The third-order valence-corrected chi connectivity index (χ3v) is 0.720. The van der Waals surface area contributed by atoms with Gasteiger partial charge < -0.3 is 0 Å². The normalized spacial score (nSPS) is 11.9. The fourth-order valence-electron chi connectivity index (χ4n) is 0.335. The summed E-state index contributed by atoms with van der Waals surface area (Å²) in [7, 11) is 0. The lowest BCUT2D eigenvalue weighted by Crippen LogP contribution is -2.04. The van der Waals surface area contributed by atoms with Crippen molar-refractivity contribution in [2.24, 2.45) is 0 Å². The number of hydrogen-bond acceptors (Lipinski definition) is 2. The zero-order chi connectivity index (χ0) is 6.91. The van der Waals surface area contributed by atoms with Crippen LogP contribution >= 0.6 is 0 Å². The molecule has 1 aromatic heterocycles. The van der Waals surface area contributed by atoms with Gasteiger partial charge in [-0.05, 0) is 0 Å². The van der Waals surface area contributed by atoms with E-state index >= 15 is 0 Å². The number of hydrogen-bond donors (Lipinski definition) is 1. The Labute approximate surface area is 47.9 Å². The van der Waals surface area contributed by atoms with Gasteiger partial charge >= 0.3 is 6.18 Å². The van der Waals surface area contributed by atoms with Crippen LogP contribution in [0.5, 0.6) is 0 Å². The zero-order valence-electron chi connectivity index (χ0n) is 4.11. The first-order valence-corrected chi connectivity index (χ1v) is 2.04. The Kier molecular flexibility index (Phi) is 1.15. The maximum absolute atomic E-state index is 11.5. The molecule has 0 fully saturated rings. The molecule has 0 bridgehead atoms. The highest BCUT2D eigenvalue weighted by atomic mass is 19.4. The number of nitrogens with zero attached hydrogens (tertiary/aromatic N) is 2. The maximum atomic E-state index is 11.5. The molecule has 0 spiro atoms. The summed E-state index contributed by atoms with van der Waals surface area (Å²) in [5.74, 6) is 0. The Bertz CT molecular complexity index is 177. The van der Waals surface area contributed by atoms with Gasteiger partial charge in [-0.1, -0.05) is 5.21 Å². The van der Waals surface area contributed by atoms with Crippen molar-refractivity contribution >= 4 is 0 Å². The first kappa shape index (κ1) is 6.06. The second kappa shape index (κ2) is 1.71. The summed E-state index contributed by atoms with van der Waals surface area (Å²) in [5, 5.41) is 7.55. The average molecular weight is 137 g/mol. The van der Waals surface area contributed by atoms with Crippen LogP contribution in [0.1, 0.15) is 5.69 Å². The minimum atomic E-state index is -4.36. The summed E-state index contributed by atoms with van der Waals surface area (Å²) in [6.45, 7) is 0. The molecule has 0 aromatic carbocycles. The molecule has 0 saturated carbocycles. The van der Waals surface area contributed by atoms with Gasteiger partial charge in [0.2, 0.25) is 0 Å². The lowest BCUT2D eigenvalue weighted by atomic mass is 10.5. The topological polar surface area (TPSA) is 41.6 Å². The van der Waals surface area contributed by atoms with Crippen molar-refractivity contribution in [2.45, 2.75) is 6.18 Å². The van der Waals surface area contributed by atoms with E-state index in [1.54, 1.807) is 5.10 Å². The lowest BCUT2D eigenvalue weighted by Gasteiger charge is -1.98. The van der Waals surface area contributed by atoms with Crippen molar-refractivity contribution in [2.75, 3.05) is 0 Å². The van der Waals surface area contributed by atoms with Crippen molar-refractivity contribution in [3.05, 3.63) is 11.9 Å². The van der Waals surface area contributed by atoms with Crippen molar-refractivity contribution in [1.29, 1.82) is 0 Å². The Morgan fingerprint density at radius 1 is 1.44 bits per heavy atom. The molecule has 1 N–H and O–H groups in total. The van der Waals surface area contributed by atoms with E-state index in [1.807, 2.05) is 0 Å². The van der Waals surface area contributed by atoms with E-state index in [9.17, 15) is 13.2 Å². The summed E-state index contributed by atoms with van der Waals surface area (Å²) in [6, 6.07) is 0. The van der Waals surface area contributed by atoms with E-state index in [-0.39, 0.29) is 0 Å². The van der Waals surface area contributed by atoms with Crippen LogP contribution in [-0.2, 0) is 6.18 Å². The van der Waals surface area contributed by atoms with Crippen molar-refractivity contribution in [3.8, 4) is 0 Å². The third kappa shape index (κ3) is 1.18. The molecular formula is C3H2F3N3. The molecule has 0 atom stereocenters. The molecule has 1 rings (SSSR count). The van der Waals surface area contributed by atoms with Gasteiger partial charge in [0.05, 0.1) is 6.20 Å². The standard InChI is InChI=1S/C3H2F3N3/c4-3(5,6)2-1-7-9-8-2/h1H,(H,7,8,9). The molecule has 0 unspecified atom stereocenters. The fraction of sp³-hybridized carbons (Fsp3) is 0.333. The Morgan fingerprint density at radius 2 is 2.11 bits per heavy atom. The number of aromatic nitrogens is 3. The Balaban J connectivity index is 2.90. The highest BCUT2D eigenvalue weighted by molar-refractivity contribution is 4.95. The first-order chi connectivity index (χ1) is 4.11.